The van der Waals surface area contributed by atoms with Crippen molar-refractivity contribution in [1.29, 1.82) is 0 Å². The molecule has 17 heavy (non-hydrogen) atoms. The highest BCUT2D eigenvalue weighted by Crippen LogP contribution is 2.14. The monoisotopic (exact) mass is 234 g/mol. The molecule has 0 unspecified atom stereocenters. The molecule has 2 aromatic heterocycles. The highest BCUT2D eigenvalue weighted by molar-refractivity contribution is 6.03. The summed E-state index contributed by atoms with van der Waals surface area (Å²) >= 11 is 0. The number of hydrogen-bond donors (Lipinski definition) is 2. The van der Waals surface area contributed by atoms with Gasteiger partial charge in [0.05, 0.1) is 17.6 Å². The summed E-state index contributed by atoms with van der Waals surface area (Å²) in [5.41, 5.74) is 6.48. The van der Waals surface area contributed by atoms with Crippen molar-refractivity contribution in [1.82, 2.24) is 9.55 Å². The second kappa shape index (κ2) is 4.25. The minimum Gasteiger partial charge on any atom is -0.397 e. The lowest BCUT2D eigenvalue weighted by Gasteiger charge is -2.06. The molecule has 2 aromatic rings. The van der Waals surface area contributed by atoms with E-state index in [1.165, 1.54) is 18.3 Å². The van der Waals surface area contributed by atoms with Crippen molar-refractivity contribution in [3.63, 3.8) is 0 Å². The van der Waals surface area contributed by atoms with E-state index in [9.17, 15) is 9.18 Å². The van der Waals surface area contributed by atoms with Gasteiger partial charge in [0.2, 0.25) is 0 Å². The lowest BCUT2D eigenvalue weighted by Crippen LogP contribution is -2.16. The number of nitrogens with two attached hydrogens (primary N) is 1. The Morgan fingerprint density at radius 1 is 1.59 bits per heavy atom. The van der Waals surface area contributed by atoms with Gasteiger partial charge in [0, 0.05) is 19.4 Å². The lowest BCUT2D eigenvalue weighted by atomic mass is 10.3. The van der Waals surface area contributed by atoms with Gasteiger partial charge in [-0.15, -0.1) is 0 Å². The predicted octanol–water partition coefficient (Wildman–Crippen LogP) is 1.39. The molecule has 88 valence electrons. The average Bonchev–Trinajstić information content (AvgIpc) is 2.61. The van der Waals surface area contributed by atoms with E-state index in [4.69, 9.17) is 5.73 Å². The number of amides is 1. The number of halogens is 1. The summed E-state index contributed by atoms with van der Waals surface area (Å²) in [5.74, 6) is -1.00. The molecule has 2 rings (SSSR count). The minimum atomic E-state index is -0.581. The van der Waals surface area contributed by atoms with Gasteiger partial charge in [0.1, 0.15) is 5.69 Å². The molecule has 0 radical (unpaired) electrons. The number of nitrogen functional groups attached to an aromatic ring is 1. The number of nitrogens with one attached hydrogen (secondary N) is 1. The summed E-state index contributed by atoms with van der Waals surface area (Å²) < 4.78 is 14.8. The van der Waals surface area contributed by atoms with E-state index in [-0.39, 0.29) is 5.69 Å². The van der Waals surface area contributed by atoms with Crippen molar-refractivity contribution in [3.05, 3.63) is 42.2 Å². The van der Waals surface area contributed by atoms with Crippen molar-refractivity contribution < 1.29 is 9.18 Å². The molecule has 0 bridgehead atoms. The van der Waals surface area contributed by atoms with Crippen LogP contribution < -0.4 is 11.1 Å². The fraction of sp³-hybridized carbons (Fsp3) is 0.0909. The minimum absolute atomic E-state index is 0.0878. The van der Waals surface area contributed by atoms with Crippen LogP contribution >= 0.6 is 0 Å². The summed E-state index contributed by atoms with van der Waals surface area (Å²) in [6.07, 6.45) is 4.05. The first-order chi connectivity index (χ1) is 8.08. The Morgan fingerprint density at radius 2 is 2.35 bits per heavy atom. The standard InChI is InChI=1S/C11H11FN4O/c1-16-6-7(13)4-10(16)11(17)15-9-2-3-14-5-8(9)12/h2-6H,13H2,1H3,(H,14,15,17). The van der Waals surface area contributed by atoms with E-state index in [0.717, 1.165) is 6.20 Å². The second-order valence-electron chi connectivity index (χ2n) is 3.58. The predicted molar refractivity (Wildman–Crippen MR) is 62.0 cm³/mol. The molecular weight excluding hydrogens is 223 g/mol. The number of rotatable bonds is 2. The summed E-state index contributed by atoms with van der Waals surface area (Å²) in [4.78, 5) is 15.4. The highest BCUT2D eigenvalue weighted by Gasteiger charge is 2.12. The molecule has 0 aliphatic heterocycles. The molecule has 0 saturated heterocycles. The second-order valence-corrected chi connectivity index (χ2v) is 3.58. The van der Waals surface area contributed by atoms with Gasteiger partial charge in [0.15, 0.2) is 5.82 Å². The SMILES string of the molecule is Cn1cc(N)cc1C(=O)Nc1ccncc1F. The van der Waals surface area contributed by atoms with Crippen LogP contribution in [0.5, 0.6) is 0 Å². The maximum absolute atomic E-state index is 13.3. The molecule has 2 heterocycles. The quantitative estimate of drug-likeness (QED) is 0.824. The van der Waals surface area contributed by atoms with E-state index >= 15 is 0 Å². The average molecular weight is 234 g/mol. The maximum Gasteiger partial charge on any atom is 0.272 e. The van der Waals surface area contributed by atoms with Gasteiger partial charge in [-0.05, 0) is 12.1 Å². The molecule has 0 spiro atoms. The molecule has 3 N–H and O–H groups in total. The molecule has 0 fully saturated rings. The topological polar surface area (TPSA) is 72.9 Å². The molecule has 0 aliphatic carbocycles. The summed E-state index contributed by atoms with van der Waals surface area (Å²) in [5, 5.41) is 2.45. The molecular formula is C11H11FN4O. The smallest absolute Gasteiger partial charge is 0.272 e. The molecule has 0 aromatic carbocycles. The molecule has 0 aliphatic rings. The number of aryl methyl sites for hydroxylation is 1. The lowest BCUT2D eigenvalue weighted by molar-refractivity contribution is 0.101. The number of pyridine rings is 1. The zero-order valence-corrected chi connectivity index (χ0v) is 9.14. The Labute approximate surface area is 97.1 Å². The van der Waals surface area contributed by atoms with Crippen LogP contribution in [0.1, 0.15) is 10.5 Å². The first-order valence-electron chi connectivity index (χ1n) is 4.90. The summed E-state index contributed by atoms with van der Waals surface area (Å²) in [7, 11) is 1.69. The van der Waals surface area contributed by atoms with Gasteiger partial charge < -0.3 is 15.6 Å². The van der Waals surface area contributed by atoms with E-state index in [0.29, 0.717) is 11.4 Å². The Bertz CT molecular complexity index is 564. The zero-order valence-electron chi connectivity index (χ0n) is 9.14. The zero-order chi connectivity index (χ0) is 12.4. The van der Waals surface area contributed by atoms with Crippen molar-refractivity contribution in [3.8, 4) is 0 Å². The van der Waals surface area contributed by atoms with Crippen LogP contribution in [0, 0.1) is 5.82 Å². The normalized spacial score (nSPS) is 10.2. The number of hydrogen-bond acceptors (Lipinski definition) is 3. The number of aromatic nitrogens is 2. The molecule has 0 atom stereocenters. The number of anilines is 2. The van der Waals surface area contributed by atoms with Gasteiger partial charge in [-0.25, -0.2) is 4.39 Å². The molecule has 0 saturated carbocycles. The van der Waals surface area contributed by atoms with Crippen LogP contribution in [-0.2, 0) is 7.05 Å². The molecule has 5 nitrogen and oxygen atoms in total. The van der Waals surface area contributed by atoms with Crippen LogP contribution in [0.15, 0.2) is 30.7 Å². The third kappa shape index (κ3) is 2.25. The van der Waals surface area contributed by atoms with Crippen molar-refractivity contribution in [2.75, 3.05) is 11.1 Å². The third-order valence-corrected chi connectivity index (χ3v) is 2.28. The van der Waals surface area contributed by atoms with E-state index < -0.39 is 11.7 Å². The third-order valence-electron chi connectivity index (χ3n) is 2.28. The van der Waals surface area contributed by atoms with E-state index in [1.54, 1.807) is 17.8 Å². The summed E-state index contributed by atoms with van der Waals surface area (Å²) in [6.45, 7) is 0. The maximum atomic E-state index is 13.3. The highest BCUT2D eigenvalue weighted by atomic mass is 19.1. The largest absolute Gasteiger partial charge is 0.397 e. The van der Waals surface area contributed by atoms with Crippen LogP contribution in [-0.4, -0.2) is 15.5 Å². The van der Waals surface area contributed by atoms with Gasteiger partial charge in [-0.3, -0.25) is 9.78 Å². The van der Waals surface area contributed by atoms with Crippen LogP contribution in [0.4, 0.5) is 15.8 Å². The van der Waals surface area contributed by atoms with E-state index in [1.807, 2.05) is 0 Å². The Morgan fingerprint density at radius 3 is 2.94 bits per heavy atom. The first kappa shape index (κ1) is 11.1. The van der Waals surface area contributed by atoms with Crippen LogP contribution in [0.2, 0.25) is 0 Å². The fourth-order valence-corrected chi connectivity index (χ4v) is 1.48. The molecule has 6 heteroatoms. The van der Waals surface area contributed by atoms with Crippen molar-refractivity contribution in [2.24, 2.45) is 7.05 Å². The van der Waals surface area contributed by atoms with Gasteiger partial charge in [-0.2, -0.15) is 0 Å². The molecule has 1 amide bonds. The fourth-order valence-electron chi connectivity index (χ4n) is 1.48. The van der Waals surface area contributed by atoms with E-state index in [2.05, 4.69) is 10.3 Å². The van der Waals surface area contributed by atoms with Crippen LogP contribution in [0.3, 0.4) is 0 Å². The van der Waals surface area contributed by atoms with Crippen molar-refractivity contribution in [2.45, 2.75) is 0 Å². The van der Waals surface area contributed by atoms with Gasteiger partial charge in [-0.1, -0.05) is 0 Å². The van der Waals surface area contributed by atoms with Gasteiger partial charge >= 0.3 is 0 Å². The first-order valence-corrected chi connectivity index (χ1v) is 4.90. The Kier molecular flexibility index (Phi) is 2.78. The number of nitrogens with zero attached hydrogens (tertiary/aromatic N) is 2. The number of carbonyl (C=O) groups is 1. The number of carbonyl (C=O) groups excluding carboxylic acids is 1. The van der Waals surface area contributed by atoms with Gasteiger partial charge in [0.25, 0.3) is 5.91 Å². The van der Waals surface area contributed by atoms with Crippen LogP contribution in [0.25, 0.3) is 0 Å². The van der Waals surface area contributed by atoms with Crippen molar-refractivity contribution >= 4 is 17.3 Å². The Balaban J connectivity index is 2.23. The Hall–Kier alpha value is -2.37. The summed E-state index contributed by atoms with van der Waals surface area (Å²) in [6, 6.07) is 2.91.